The Bertz CT molecular complexity index is 253. The Balaban J connectivity index is 2.14. The zero-order valence-corrected chi connectivity index (χ0v) is 9.82. The first-order valence-corrected chi connectivity index (χ1v) is 6.24. The van der Waals surface area contributed by atoms with Gasteiger partial charge in [-0.3, -0.25) is 0 Å². The predicted molar refractivity (Wildman–Crippen MR) is 61.2 cm³/mol. The van der Waals surface area contributed by atoms with Crippen LogP contribution < -0.4 is 0 Å². The summed E-state index contributed by atoms with van der Waals surface area (Å²) in [5, 5.41) is 0. The van der Waals surface area contributed by atoms with Crippen LogP contribution >= 0.6 is 8.60 Å². The summed E-state index contributed by atoms with van der Waals surface area (Å²) in [5.41, 5.74) is 1.04. The largest absolute Gasteiger partial charge is 0.330 e. The molecule has 0 fully saturated rings. The van der Waals surface area contributed by atoms with Gasteiger partial charge in [0, 0.05) is 0 Å². The van der Waals surface area contributed by atoms with E-state index in [1.165, 1.54) is 0 Å². The van der Waals surface area contributed by atoms with E-state index in [1.807, 2.05) is 30.3 Å². The summed E-state index contributed by atoms with van der Waals surface area (Å²) in [6.07, 6.45) is 2.01. The molecular formula is C11H17O3P. The first kappa shape index (κ1) is 12.6. The zero-order valence-electron chi connectivity index (χ0n) is 8.93. The van der Waals surface area contributed by atoms with Gasteiger partial charge in [0.1, 0.15) is 0 Å². The fraction of sp³-hybridized carbons (Fsp3) is 0.455. The molecule has 0 spiro atoms. The molecule has 0 aliphatic carbocycles. The Kier molecular flexibility index (Phi) is 6.53. The molecule has 0 aromatic heterocycles. The van der Waals surface area contributed by atoms with Crippen LogP contribution in [0.2, 0.25) is 0 Å². The van der Waals surface area contributed by atoms with Crippen molar-refractivity contribution in [2.75, 3.05) is 6.61 Å². The van der Waals surface area contributed by atoms with Gasteiger partial charge >= 0.3 is 8.60 Å². The van der Waals surface area contributed by atoms with Gasteiger partial charge in [-0.15, -0.1) is 0 Å². The molecular weight excluding hydrogens is 211 g/mol. The third-order valence-electron chi connectivity index (χ3n) is 1.88. The topological polar surface area (TPSA) is 38.7 Å². The first-order valence-electron chi connectivity index (χ1n) is 5.11. The molecule has 1 aromatic rings. The molecule has 4 heteroatoms. The van der Waals surface area contributed by atoms with Crippen molar-refractivity contribution in [1.29, 1.82) is 0 Å². The van der Waals surface area contributed by atoms with E-state index in [1.54, 1.807) is 0 Å². The van der Waals surface area contributed by atoms with Crippen LogP contribution in [0.15, 0.2) is 30.3 Å². The van der Waals surface area contributed by atoms with Crippen LogP contribution in [0, 0.1) is 0 Å². The molecule has 1 N–H and O–H groups in total. The van der Waals surface area contributed by atoms with E-state index < -0.39 is 8.60 Å². The van der Waals surface area contributed by atoms with Gasteiger partial charge < -0.3 is 13.9 Å². The summed E-state index contributed by atoms with van der Waals surface area (Å²) in [4.78, 5) is 9.36. The number of benzene rings is 1. The van der Waals surface area contributed by atoms with Crippen molar-refractivity contribution in [3.63, 3.8) is 0 Å². The highest BCUT2D eigenvalue weighted by atomic mass is 31.2. The van der Waals surface area contributed by atoms with E-state index in [4.69, 9.17) is 9.05 Å². The van der Waals surface area contributed by atoms with Crippen LogP contribution in [0.1, 0.15) is 25.3 Å². The maximum Gasteiger partial charge on any atom is 0.330 e. The second kappa shape index (κ2) is 7.77. The van der Waals surface area contributed by atoms with Gasteiger partial charge in [-0.05, 0) is 12.0 Å². The van der Waals surface area contributed by atoms with Crippen LogP contribution in [0.25, 0.3) is 0 Å². The monoisotopic (exact) mass is 228 g/mol. The fourth-order valence-electron chi connectivity index (χ4n) is 1.03. The molecule has 1 rings (SSSR count). The number of unbranched alkanes of at least 4 members (excludes halogenated alkanes) is 1. The van der Waals surface area contributed by atoms with Gasteiger partial charge in [0.15, 0.2) is 0 Å². The third kappa shape index (κ3) is 5.85. The van der Waals surface area contributed by atoms with Gasteiger partial charge in [-0.1, -0.05) is 43.7 Å². The van der Waals surface area contributed by atoms with E-state index in [0.717, 1.165) is 18.4 Å². The molecule has 1 atom stereocenters. The molecule has 0 bridgehead atoms. The fourth-order valence-corrected chi connectivity index (χ4v) is 1.65. The second-order valence-electron chi connectivity index (χ2n) is 3.18. The maximum atomic E-state index is 9.36. The van der Waals surface area contributed by atoms with E-state index in [9.17, 15) is 4.89 Å². The number of hydrogen-bond acceptors (Lipinski definition) is 3. The smallest absolute Gasteiger partial charge is 0.328 e. The molecule has 0 radical (unpaired) electrons. The average molecular weight is 228 g/mol. The van der Waals surface area contributed by atoms with Crippen molar-refractivity contribution in [2.24, 2.45) is 0 Å². The standard InChI is InChI=1S/C11H17O3P/c1-2-3-9-13-15(12)14-10-11-7-5-4-6-8-11/h4-8,12H,2-3,9-10H2,1H3. The molecule has 0 saturated carbocycles. The van der Waals surface area contributed by atoms with Gasteiger partial charge in [-0.25, -0.2) is 0 Å². The summed E-state index contributed by atoms with van der Waals surface area (Å²) < 4.78 is 10.3. The maximum absolute atomic E-state index is 9.36. The summed E-state index contributed by atoms with van der Waals surface area (Å²) in [7, 11) is -1.72. The van der Waals surface area contributed by atoms with Gasteiger partial charge in [0.25, 0.3) is 0 Å². The Morgan fingerprint density at radius 2 is 1.93 bits per heavy atom. The Morgan fingerprint density at radius 3 is 2.60 bits per heavy atom. The number of hydrogen-bond donors (Lipinski definition) is 1. The molecule has 84 valence electrons. The first-order chi connectivity index (χ1) is 7.33. The van der Waals surface area contributed by atoms with E-state index in [-0.39, 0.29) is 0 Å². The van der Waals surface area contributed by atoms with E-state index >= 15 is 0 Å². The molecule has 0 aliphatic heterocycles. The lowest BCUT2D eigenvalue weighted by atomic mass is 10.2. The highest BCUT2D eigenvalue weighted by Gasteiger charge is 2.05. The lowest BCUT2D eigenvalue weighted by Crippen LogP contribution is -1.93. The lowest BCUT2D eigenvalue weighted by Gasteiger charge is -2.10. The zero-order chi connectivity index (χ0) is 10.9. The van der Waals surface area contributed by atoms with E-state index in [2.05, 4.69) is 6.92 Å². The van der Waals surface area contributed by atoms with Crippen LogP contribution in [-0.4, -0.2) is 11.5 Å². The Labute approximate surface area is 92.0 Å². The van der Waals surface area contributed by atoms with Gasteiger partial charge in [-0.2, -0.15) is 0 Å². The summed E-state index contributed by atoms with van der Waals surface area (Å²) in [6.45, 7) is 3.04. The molecule has 3 nitrogen and oxygen atoms in total. The summed E-state index contributed by atoms with van der Waals surface area (Å²) >= 11 is 0. The SMILES string of the molecule is CCCCOP(O)OCc1ccccc1. The molecule has 0 heterocycles. The van der Waals surface area contributed by atoms with Crippen molar-refractivity contribution in [3.05, 3.63) is 35.9 Å². The van der Waals surface area contributed by atoms with E-state index in [0.29, 0.717) is 13.2 Å². The summed E-state index contributed by atoms with van der Waals surface area (Å²) in [5.74, 6) is 0. The second-order valence-corrected chi connectivity index (χ2v) is 4.18. The lowest BCUT2D eigenvalue weighted by molar-refractivity contribution is 0.191. The van der Waals surface area contributed by atoms with Crippen molar-refractivity contribution in [1.82, 2.24) is 0 Å². The molecule has 1 aromatic carbocycles. The highest BCUT2D eigenvalue weighted by Crippen LogP contribution is 2.34. The molecule has 15 heavy (non-hydrogen) atoms. The molecule has 0 aliphatic rings. The normalized spacial score (nSPS) is 12.7. The molecule has 0 amide bonds. The average Bonchev–Trinajstić information content (AvgIpc) is 2.28. The Hall–Kier alpha value is -0.470. The van der Waals surface area contributed by atoms with Crippen LogP contribution in [-0.2, 0) is 15.7 Å². The van der Waals surface area contributed by atoms with Crippen LogP contribution in [0.4, 0.5) is 0 Å². The minimum absolute atomic E-state index is 0.398. The van der Waals surface area contributed by atoms with Crippen molar-refractivity contribution in [3.8, 4) is 0 Å². The third-order valence-corrected chi connectivity index (χ3v) is 2.64. The van der Waals surface area contributed by atoms with Crippen LogP contribution in [0.3, 0.4) is 0 Å². The minimum Gasteiger partial charge on any atom is -0.328 e. The Morgan fingerprint density at radius 1 is 1.20 bits per heavy atom. The predicted octanol–water partition coefficient (Wildman–Crippen LogP) is 3.24. The summed E-state index contributed by atoms with van der Waals surface area (Å²) in [6, 6.07) is 9.74. The van der Waals surface area contributed by atoms with Gasteiger partial charge in [0.2, 0.25) is 0 Å². The highest BCUT2D eigenvalue weighted by molar-refractivity contribution is 7.40. The van der Waals surface area contributed by atoms with Crippen molar-refractivity contribution in [2.45, 2.75) is 26.4 Å². The molecule has 0 saturated heterocycles. The minimum atomic E-state index is -1.72. The molecule has 1 unspecified atom stereocenters. The van der Waals surface area contributed by atoms with Gasteiger partial charge in [0.05, 0.1) is 13.2 Å². The van der Waals surface area contributed by atoms with Crippen LogP contribution in [0.5, 0.6) is 0 Å². The number of rotatable bonds is 7. The van der Waals surface area contributed by atoms with Crippen molar-refractivity contribution >= 4 is 8.60 Å². The quantitative estimate of drug-likeness (QED) is 0.575. The van der Waals surface area contributed by atoms with Crippen molar-refractivity contribution < 1.29 is 13.9 Å².